The SMILES string of the molecule is [c]1cc2ccccc2c2nc3c(ccc4ccccc43)cc12. The van der Waals surface area contributed by atoms with Crippen molar-refractivity contribution >= 4 is 43.4 Å². The van der Waals surface area contributed by atoms with E-state index < -0.39 is 0 Å². The fraction of sp³-hybridized carbons (Fsp3) is 0. The van der Waals surface area contributed by atoms with E-state index in [-0.39, 0.29) is 0 Å². The van der Waals surface area contributed by atoms with Gasteiger partial charge in [0.25, 0.3) is 0 Å². The summed E-state index contributed by atoms with van der Waals surface area (Å²) in [6.45, 7) is 0. The molecule has 1 heteroatoms. The molecule has 0 fully saturated rings. The Morgan fingerprint density at radius 3 is 2.18 bits per heavy atom. The van der Waals surface area contributed by atoms with Crippen molar-refractivity contribution in [3.8, 4) is 0 Å². The summed E-state index contributed by atoms with van der Waals surface area (Å²) in [5, 5.41) is 7.04. The van der Waals surface area contributed by atoms with E-state index in [0.717, 1.165) is 21.8 Å². The highest BCUT2D eigenvalue weighted by atomic mass is 14.7. The summed E-state index contributed by atoms with van der Waals surface area (Å²) in [5.74, 6) is 0. The van der Waals surface area contributed by atoms with E-state index in [1.807, 2.05) is 6.07 Å². The highest BCUT2D eigenvalue weighted by Crippen LogP contribution is 2.30. The standard InChI is InChI=1S/C21H12N/c1-3-7-18-14(5-1)9-11-16-13-17-12-10-15-6-2-4-8-19(15)21(17)22-20(16)18/h1-11,13H. The summed E-state index contributed by atoms with van der Waals surface area (Å²) < 4.78 is 0. The molecule has 0 atom stereocenters. The first-order valence-corrected chi connectivity index (χ1v) is 7.42. The van der Waals surface area contributed by atoms with Gasteiger partial charge in [-0.15, -0.1) is 0 Å². The Hall–Kier alpha value is -2.93. The Labute approximate surface area is 127 Å². The van der Waals surface area contributed by atoms with E-state index in [0.29, 0.717) is 0 Å². The topological polar surface area (TPSA) is 12.9 Å². The summed E-state index contributed by atoms with van der Waals surface area (Å²) in [4.78, 5) is 5.00. The second-order valence-corrected chi connectivity index (χ2v) is 5.62. The number of pyridine rings is 1. The Morgan fingerprint density at radius 2 is 1.32 bits per heavy atom. The lowest BCUT2D eigenvalue weighted by Gasteiger charge is -2.07. The smallest absolute Gasteiger partial charge is 0.0794 e. The third-order valence-corrected chi connectivity index (χ3v) is 4.31. The van der Waals surface area contributed by atoms with Crippen molar-refractivity contribution in [3.05, 3.63) is 78.9 Å². The van der Waals surface area contributed by atoms with E-state index in [9.17, 15) is 0 Å². The predicted molar refractivity (Wildman–Crippen MR) is 93.1 cm³/mol. The molecule has 4 aromatic carbocycles. The number of fused-ring (bicyclic) bond motifs is 6. The third kappa shape index (κ3) is 1.57. The molecule has 0 saturated carbocycles. The highest BCUT2D eigenvalue weighted by Gasteiger charge is 2.06. The molecule has 0 aliphatic heterocycles. The van der Waals surface area contributed by atoms with Crippen molar-refractivity contribution in [1.29, 1.82) is 0 Å². The maximum Gasteiger partial charge on any atom is 0.0794 e. The first-order valence-electron chi connectivity index (χ1n) is 7.42. The van der Waals surface area contributed by atoms with Crippen LogP contribution in [0.1, 0.15) is 0 Å². The molecule has 0 N–H and O–H groups in total. The Morgan fingerprint density at radius 1 is 0.636 bits per heavy atom. The minimum Gasteiger partial charge on any atom is -0.246 e. The summed E-state index contributed by atoms with van der Waals surface area (Å²) >= 11 is 0. The van der Waals surface area contributed by atoms with Crippen LogP contribution in [0.15, 0.2) is 72.8 Å². The van der Waals surface area contributed by atoms with Gasteiger partial charge in [0.05, 0.1) is 11.0 Å². The van der Waals surface area contributed by atoms with E-state index >= 15 is 0 Å². The van der Waals surface area contributed by atoms with Gasteiger partial charge >= 0.3 is 0 Å². The first-order chi connectivity index (χ1) is 10.9. The van der Waals surface area contributed by atoms with Crippen LogP contribution in [0, 0.1) is 6.07 Å². The molecule has 0 saturated heterocycles. The van der Waals surface area contributed by atoms with Crippen molar-refractivity contribution < 1.29 is 0 Å². The van der Waals surface area contributed by atoms with Crippen LogP contribution < -0.4 is 0 Å². The van der Waals surface area contributed by atoms with Crippen molar-refractivity contribution in [2.45, 2.75) is 0 Å². The van der Waals surface area contributed by atoms with Crippen LogP contribution >= 0.6 is 0 Å². The quantitative estimate of drug-likeness (QED) is 0.269. The number of nitrogens with zero attached hydrogens (tertiary/aromatic N) is 1. The van der Waals surface area contributed by atoms with Gasteiger partial charge in [0.15, 0.2) is 0 Å². The third-order valence-electron chi connectivity index (χ3n) is 4.31. The molecule has 1 aromatic heterocycles. The van der Waals surface area contributed by atoms with Gasteiger partial charge in [-0.25, -0.2) is 4.98 Å². The molecule has 0 spiro atoms. The molecule has 101 valence electrons. The molecule has 5 aromatic rings. The molecule has 1 radical (unpaired) electrons. The fourth-order valence-corrected chi connectivity index (χ4v) is 3.22. The largest absolute Gasteiger partial charge is 0.246 e. The normalized spacial score (nSPS) is 11.6. The van der Waals surface area contributed by atoms with Crippen LogP contribution in [0.2, 0.25) is 0 Å². The summed E-state index contributed by atoms with van der Waals surface area (Å²) in [5.41, 5.74) is 2.09. The molecule has 0 bridgehead atoms. The van der Waals surface area contributed by atoms with Crippen LogP contribution in [0.5, 0.6) is 0 Å². The van der Waals surface area contributed by atoms with Crippen LogP contribution in [-0.2, 0) is 0 Å². The van der Waals surface area contributed by atoms with Gasteiger partial charge in [-0.3, -0.25) is 0 Å². The summed E-state index contributed by atoms with van der Waals surface area (Å²) in [6, 6.07) is 28.7. The van der Waals surface area contributed by atoms with Gasteiger partial charge < -0.3 is 0 Å². The summed E-state index contributed by atoms with van der Waals surface area (Å²) in [7, 11) is 0. The van der Waals surface area contributed by atoms with E-state index in [1.165, 1.54) is 21.5 Å². The molecule has 0 aliphatic carbocycles. The Kier molecular flexibility index (Phi) is 2.28. The van der Waals surface area contributed by atoms with Gasteiger partial charge in [-0.1, -0.05) is 60.7 Å². The van der Waals surface area contributed by atoms with Crippen molar-refractivity contribution in [2.24, 2.45) is 0 Å². The zero-order chi connectivity index (χ0) is 14.5. The lowest BCUT2D eigenvalue weighted by atomic mass is 10.0. The molecule has 0 aliphatic rings. The van der Waals surface area contributed by atoms with Crippen molar-refractivity contribution in [1.82, 2.24) is 4.98 Å². The lowest BCUT2D eigenvalue weighted by Crippen LogP contribution is -1.86. The number of hydrogen-bond acceptors (Lipinski definition) is 1. The Balaban J connectivity index is 2.05. The molecule has 0 amide bonds. The second kappa shape index (κ2) is 4.28. The maximum atomic E-state index is 5.00. The minimum atomic E-state index is 1.03. The molecular formula is C21H12N. The highest BCUT2D eigenvalue weighted by molar-refractivity contribution is 6.13. The van der Waals surface area contributed by atoms with Crippen LogP contribution in [0.4, 0.5) is 0 Å². The maximum absolute atomic E-state index is 5.00. The van der Waals surface area contributed by atoms with Crippen LogP contribution in [-0.4, -0.2) is 4.98 Å². The number of hydrogen-bond donors (Lipinski definition) is 0. The van der Waals surface area contributed by atoms with Gasteiger partial charge in [-0.2, -0.15) is 0 Å². The van der Waals surface area contributed by atoms with Gasteiger partial charge in [-0.05, 0) is 29.0 Å². The average Bonchev–Trinajstić information content (AvgIpc) is 2.60. The predicted octanol–water partition coefficient (Wildman–Crippen LogP) is 5.49. The van der Waals surface area contributed by atoms with Crippen LogP contribution in [0.25, 0.3) is 43.4 Å². The number of aromatic nitrogens is 1. The zero-order valence-corrected chi connectivity index (χ0v) is 11.9. The molecule has 1 heterocycles. The van der Waals surface area contributed by atoms with E-state index in [1.54, 1.807) is 0 Å². The fourth-order valence-electron chi connectivity index (χ4n) is 3.22. The molecule has 0 unspecified atom stereocenters. The molecule has 1 nitrogen and oxygen atoms in total. The minimum absolute atomic E-state index is 1.03. The van der Waals surface area contributed by atoms with Gasteiger partial charge in [0, 0.05) is 21.5 Å². The summed E-state index contributed by atoms with van der Waals surface area (Å²) in [6.07, 6.45) is 0. The number of benzene rings is 4. The molecule has 5 rings (SSSR count). The zero-order valence-electron chi connectivity index (χ0n) is 11.9. The Bertz CT molecular complexity index is 1080. The second-order valence-electron chi connectivity index (χ2n) is 5.62. The van der Waals surface area contributed by atoms with Crippen LogP contribution in [0.3, 0.4) is 0 Å². The van der Waals surface area contributed by atoms with E-state index in [4.69, 9.17) is 4.98 Å². The lowest BCUT2D eigenvalue weighted by molar-refractivity contribution is 1.53. The van der Waals surface area contributed by atoms with Crippen molar-refractivity contribution in [2.75, 3.05) is 0 Å². The first kappa shape index (κ1) is 11.7. The van der Waals surface area contributed by atoms with Crippen molar-refractivity contribution in [3.63, 3.8) is 0 Å². The molecular weight excluding hydrogens is 266 g/mol. The number of rotatable bonds is 0. The van der Waals surface area contributed by atoms with Gasteiger partial charge in [0.1, 0.15) is 0 Å². The average molecular weight is 278 g/mol. The monoisotopic (exact) mass is 278 g/mol. The van der Waals surface area contributed by atoms with E-state index in [2.05, 4.69) is 72.8 Å². The van der Waals surface area contributed by atoms with Gasteiger partial charge in [0.2, 0.25) is 0 Å². The molecule has 22 heavy (non-hydrogen) atoms.